The molecule has 4 rings (SSSR count). The quantitative estimate of drug-likeness (QED) is 0.580. The van der Waals surface area contributed by atoms with Gasteiger partial charge >= 0.3 is 0 Å². The maximum atomic E-state index is 6.27. The summed E-state index contributed by atoms with van der Waals surface area (Å²) in [7, 11) is 3.28. The van der Waals surface area contributed by atoms with Crippen molar-refractivity contribution >= 4 is 32.7 Å². The minimum absolute atomic E-state index is 0.0984. The molecule has 6 nitrogen and oxygen atoms in total. The Labute approximate surface area is 172 Å². The Bertz CT molecular complexity index is 952. The predicted octanol–water partition coefficient (Wildman–Crippen LogP) is 4.46. The largest absolute Gasteiger partial charge is 0.493 e. The second kappa shape index (κ2) is 8.22. The van der Waals surface area contributed by atoms with Crippen LogP contribution in [0.4, 0.5) is 5.82 Å². The number of fused-ring (bicyclic) bond motifs is 1. The minimum Gasteiger partial charge on any atom is -0.493 e. The van der Waals surface area contributed by atoms with Gasteiger partial charge in [0.05, 0.1) is 19.7 Å². The van der Waals surface area contributed by atoms with Gasteiger partial charge in [0.15, 0.2) is 11.5 Å². The molecule has 1 aliphatic rings. The van der Waals surface area contributed by atoms with Gasteiger partial charge in [0, 0.05) is 35.8 Å². The first-order valence-electron chi connectivity index (χ1n) is 9.22. The highest BCUT2D eigenvalue weighted by molar-refractivity contribution is 9.10. The van der Waals surface area contributed by atoms with Crippen molar-refractivity contribution in [1.29, 1.82) is 0 Å². The van der Waals surface area contributed by atoms with Crippen molar-refractivity contribution in [3.8, 4) is 17.2 Å². The van der Waals surface area contributed by atoms with Crippen molar-refractivity contribution in [2.45, 2.75) is 18.9 Å². The maximum absolute atomic E-state index is 6.27. The smallest absolute Gasteiger partial charge is 0.203 e. The van der Waals surface area contributed by atoms with Gasteiger partial charge in [0.25, 0.3) is 0 Å². The monoisotopic (exact) mass is 443 g/mol. The zero-order valence-electron chi connectivity index (χ0n) is 15.9. The van der Waals surface area contributed by atoms with Crippen LogP contribution in [-0.2, 0) is 0 Å². The number of halogens is 1. The first kappa shape index (κ1) is 18.8. The number of nitrogens with zero attached hydrogens (tertiary/aromatic N) is 3. The number of anilines is 1. The van der Waals surface area contributed by atoms with Crippen LogP contribution in [0.1, 0.15) is 12.8 Å². The summed E-state index contributed by atoms with van der Waals surface area (Å²) >= 11 is 3.55. The van der Waals surface area contributed by atoms with Crippen LogP contribution >= 0.6 is 15.9 Å². The van der Waals surface area contributed by atoms with E-state index in [-0.39, 0.29) is 6.10 Å². The van der Waals surface area contributed by atoms with Crippen molar-refractivity contribution in [1.82, 2.24) is 9.97 Å². The highest BCUT2D eigenvalue weighted by Crippen LogP contribution is 2.39. The normalized spacial score (nSPS) is 14.9. The molecular formula is C21H22BrN3O3. The summed E-state index contributed by atoms with van der Waals surface area (Å²) in [5.41, 5.74) is 0.949. The van der Waals surface area contributed by atoms with E-state index in [9.17, 15) is 0 Å². The Kier molecular flexibility index (Phi) is 5.52. The van der Waals surface area contributed by atoms with E-state index in [0.29, 0.717) is 17.2 Å². The van der Waals surface area contributed by atoms with Gasteiger partial charge in [0.2, 0.25) is 5.75 Å². The van der Waals surface area contributed by atoms with E-state index in [1.807, 2.05) is 30.3 Å². The Morgan fingerprint density at radius 1 is 1.00 bits per heavy atom. The molecule has 0 radical (unpaired) electrons. The lowest BCUT2D eigenvalue weighted by Crippen LogP contribution is -2.38. The molecule has 28 heavy (non-hydrogen) atoms. The SMILES string of the molecule is COc1cccc(OC)c1OC1CCN(c2ncnc3ccc(Br)cc23)CC1. The molecule has 2 aromatic carbocycles. The summed E-state index contributed by atoms with van der Waals surface area (Å²) in [6, 6.07) is 11.8. The van der Waals surface area contributed by atoms with E-state index in [1.54, 1.807) is 20.5 Å². The lowest BCUT2D eigenvalue weighted by Gasteiger charge is -2.33. The number of methoxy groups -OCH3 is 2. The Hall–Kier alpha value is -2.54. The maximum Gasteiger partial charge on any atom is 0.203 e. The molecule has 0 N–H and O–H groups in total. The fourth-order valence-corrected chi connectivity index (χ4v) is 3.91. The molecule has 7 heteroatoms. The average molecular weight is 444 g/mol. The summed E-state index contributed by atoms with van der Waals surface area (Å²) in [5.74, 6) is 3.02. The summed E-state index contributed by atoms with van der Waals surface area (Å²) in [4.78, 5) is 11.2. The molecule has 146 valence electrons. The van der Waals surface area contributed by atoms with E-state index >= 15 is 0 Å². The van der Waals surface area contributed by atoms with Crippen molar-refractivity contribution < 1.29 is 14.2 Å². The average Bonchev–Trinajstić information content (AvgIpc) is 2.74. The van der Waals surface area contributed by atoms with Gasteiger partial charge in [-0.25, -0.2) is 9.97 Å². The van der Waals surface area contributed by atoms with Crippen molar-refractivity contribution in [3.63, 3.8) is 0 Å². The lowest BCUT2D eigenvalue weighted by molar-refractivity contribution is 0.158. The third-order valence-corrected chi connectivity index (χ3v) is 5.48. The first-order chi connectivity index (χ1) is 13.7. The minimum atomic E-state index is 0.0984. The van der Waals surface area contributed by atoms with Gasteiger partial charge in [-0.05, 0) is 30.3 Å². The van der Waals surface area contributed by atoms with Crippen LogP contribution < -0.4 is 19.1 Å². The Morgan fingerprint density at radius 2 is 1.71 bits per heavy atom. The molecule has 1 aliphatic heterocycles. The van der Waals surface area contributed by atoms with E-state index < -0.39 is 0 Å². The van der Waals surface area contributed by atoms with Crippen molar-refractivity contribution in [2.75, 3.05) is 32.2 Å². The highest BCUT2D eigenvalue weighted by Gasteiger charge is 2.25. The second-order valence-electron chi connectivity index (χ2n) is 6.65. The number of hydrogen-bond acceptors (Lipinski definition) is 6. The molecule has 0 bridgehead atoms. The molecule has 2 heterocycles. The van der Waals surface area contributed by atoms with E-state index in [0.717, 1.165) is 47.1 Å². The second-order valence-corrected chi connectivity index (χ2v) is 7.57. The molecule has 0 aliphatic carbocycles. The zero-order valence-corrected chi connectivity index (χ0v) is 17.5. The number of benzene rings is 2. The van der Waals surface area contributed by atoms with Crippen LogP contribution in [0.5, 0.6) is 17.2 Å². The Balaban J connectivity index is 1.50. The van der Waals surface area contributed by atoms with Crippen molar-refractivity contribution in [2.24, 2.45) is 0 Å². The van der Waals surface area contributed by atoms with Crippen LogP contribution in [0.15, 0.2) is 47.2 Å². The van der Waals surface area contributed by atoms with E-state index in [4.69, 9.17) is 14.2 Å². The number of ether oxygens (including phenoxy) is 3. The van der Waals surface area contributed by atoms with Gasteiger partial charge in [-0.2, -0.15) is 0 Å². The highest BCUT2D eigenvalue weighted by atomic mass is 79.9. The van der Waals surface area contributed by atoms with Crippen LogP contribution in [0.25, 0.3) is 10.9 Å². The molecule has 0 unspecified atom stereocenters. The molecular weight excluding hydrogens is 422 g/mol. The third-order valence-electron chi connectivity index (χ3n) is 4.98. The standard InChI is InChI=1S/C21H22BrN3O3/c1-26-18-4-3-5-19(27-2)20(18)28-15-8-10-25(11-9-15)21-16-12-14(22)6-7-17(16)23-13-24-21/h3-7,12-13,15H,8-11H2,1-2H3. The number of rotatable bonds is 5. The van der Waals surface area contributed by atoms with Crippen molar-refractivity contribution in [3.05, 3.63) is 47.2 Å². The number of aromatic nitrogens is 2. The van der Waals surface area contributed by atoms with Crippen LogP contribution in [0.2, 0.25) is 0 Å². The van der Waals surface area contributed by atoms with Gasteiger partial charge < -0.3 is 19.1 Å². The van der Waals surface area contributed by atoms with Gasteiger partial charge in [-0.1, -0.05) is 22.0 Å². The van der Waals surface area contributed by atoms with Gasteiger partial charge in [-0.3, -0.25) is 0 Å². The topological polar surface area (TPSA) is 56.7 Å². The van der Waals surface area contributed by atoms with Gasteiger partial charge in [-0.15, -0.1) is 0 Å². The molecule has 1 fully saturated rings. The summed E-state index contributed by atoms with van der Waals surface area (Å²) < 4.78 is 18.2. The first-order valence-corrected chi connectivity index (χ1v) is 10.0. The third kappa shape index (κ3) is 3.71. The molecule has 0 saturated carbocycles. The number of hydrogen-bond donors (Lipinski definition) is 0. The molecule has 3 aromatic rings. The molecule has 1 saturated heterocycles. The zero-order chi connectivity index (χ0) is 19.5. The predicted molar refractivity (Wildman–Crippen MR) is 113 cm³/mol. The van der Waals surface area contributed by atoms with Crippen LogP contribution in [0.3, 0.4) is 0 Å². The lowest BCUT2D eigenvalue weighted by atomic mass is 10.1. The summed E-state index contributed by atoms with van der Waals surface area (Å²) in [6.45, 7) is 1.72. The van der Waals surface area contributed by atoms with Gasteiger partial charge in [0.1, 0.15) is 18.2 Å². The Morgan fingerprint density at radius 3 is 2.39 bits per heavy atom. The fraction of sp³-hybridized carbons (Fsp3) is 0.333. The molecule has 0 atom stereocenters. The fourth-order valence-electron chi connectivity index (χ4n) is 3.55. The molecule has 0 spiro atoms. The number of para-hydroxylation sites is 1. The molecule has 0 amide bonds. The van der Waals surface area contributed by atoms with E-state index in [1.165, 1.54) is 0 Å². The number of piperidine rings is 1. The van der Waals surface area contributed by atoms with Crippen LogP contribution in [-0.4, -0.2) is 43.4 Å². The van der Waals surface area contributed by atoms with Crippen LogP contribution in [0, 0.1) is 0 Å². The molecule has 1 aromatic heterocycles. The van der Waals surface area contributed by atoms with E-state index in [2.05, 4.69) is 36.9 Å². The summed E-state index contributed by atoms with van der Waals surface area (Å²) in [5, 5.41) is 1.06. The summed E-state index contributed by atoms with van der Waals surface area (Å²) in [6.07, 6.45) is 3.51.